The number of carbonyl (C=O) groups excluding carboxylic acids is 2. The second kappa shape index (κ2) is 5.32. The van der Waals surface area contributed by atoms with Crippen molar-refractivity contribution >= 4 is 11.8 Å². The lowest BCUT2D eigenvalue weighted by Crippen LogP contribution is -2.34. The van der Waals surface area contributed by atoms with Gasteiger partial charge in [-0.3, -0.25) is 9.59 Å². The van der Waals surface area contributed by atoms with Crippen LogP contribution in [0.3, 0.4) is 0 Å². The third kappa shape index (κ3) is 3.51. The number of hydrogen-bond donors (Lipinski definition) is 2. The molecule has 0 aromatic rings. The summed E-state index contributed by atoms with van der Waals surface area (Å²) < 4.78 is 0. The highest BCUT2D eigenvalue weighted by Gasteiger charge is 2.24. The van der Waals surface area contributed by atoms with Gasteiger partial charge in [0.15, 0.2) is 0 Å². The third-order valence-corrected chi connectivity index (χ3v) is 3.32. The molecule has 0 spiro atoms. The maximum atomic E-state index is 11.6. The van der Waals surface area contributed by atoms with E-state index < -0.39 is 0 Å². The molecule has 2 aliphatic rings. The average molecular weight is 224 g/mol. The second-order valence-corrected chi connectivity index (χ2v) is 4.86. The fourth-order valence-electron chi connectivity index (χ4n) is 2.16. The largest absolute Gasteiger partial charge is 0.355 e. The molecular weight excluding hydrogens is 204 g/mol. The first kappa shape index (κ1) is 11.4. The van der Waals surface area contributed by atoms with Gasteiger partial charge in [-0.05, 0) is 25.7 Å². The minimum Gasteiger partial charge on any atom is -0.355 e. The van der Waals surface area contributed by atoms with Crippen molar-refractivity contribution < 1.29 is 9.59 Å². The monoisotopic (exact) mass is 224 g/mol. The Balaban J connectivity index is 1.55. The van der Waals surface area contributed by atoms with Crippen LogP contribution in [0.25, 0.3) is 0 Å². The van der Waals surface area contributed by atoms with Crippen molar-refractivity contribution in [3.05, 3.63) is 0 Å². The molecular formula is C12H20N2O2. The van der Waals surface area contributed by atoms with E-state index in [1.807, 2.05) is 0 Å². The molecule has 0 atom stereocenters. The molecule has 0 radical (unpaired) electrons. The highest BCUT2D eigenvalue weighted by Crippen LogP contribution is 2.24. The third-order valence-electron chi connectivity index (χ3n) is 3.32. The zero-order valence-electron chi connectivity index (χ0n) is 9.63. The molecule has 0 aromatic carbocycles. The van der Waals surface area contributed by atoms with Crippen molar-refractivity contribution in [1.82, 2.24) is 10.6 Å². The van der Waals surface area contributed by atoms with Crippen LogP contribution in [-0.2, 0) is 9.59 Å². The van der Waals surface area contributed by atoms with E-state index >= 15 is 0 Å². The number of nitrogens with one attached hydrogen (secondary N) is 2. The van der Waals surface area contributed by atoms with Crippen LogP contribution in [0.4, 0.5) is 0 Å². The number of rotatable bonds is 5. The summed E-state index contributed by atoms with van der Waals surface area (Å²) in [6.45, 7) is 0.480. The van der Waals surface area contributed by atoms with E-state index in [1.54, 1.807) is 0 Å². The van der Waals surface area contributed by atoms with Crippen LogP contribution < -0.4 is 10.6 Å². The molecule has 2 N–H and O–H groups in total. The molecule has 16 heavy (non-hydrogen) atoms. The van der Waals surface area contributed by atoms with E-state index in [4.69, 9.17) is 0 Å². The van der Waals surface area contributed by atoms with Crippen LogP contribution >= 0.6 is 0 Å². The Hall–Kier alpha value is -1.06. The van der Waals surface area contributed by atoms with Gasteiger partial charge in [0.2, 0.25) is 11.8 Å². The molecule has 0 unspecified atom stereocenters. The summed E-state index contributed by atoms with van der Waals surface area (Å²) in [5, 5.41) is 5.76. The minimum absolute atomic E-state index is 0.0641. The van der Waals surface area contributed by atoms with Gasteiger partial charge in [0, 0.05) is 24.9 Å². The quantitative estimate of drug-likeness (QED) is 0.731. The molecule has 90 valence electrons. The highest BCUT2D eigenvalue weighted by atomic mass is 16.2. The smallest absolute Gasteiger partial charge is 0.223 e. The minimum atomic E-state index is 0.0641. The molecule has 2 saturated carbocycles. The predicted octanol–water partition coefficient (Wildman–Crippen LogP) is 0.961. The van der Waals surface area contributed by atoms with E-state index in [0.29, 0.717) is 19.0 Å². The zero-order valence-corrected chi connectivity index (χ0v) is 9.63. The van der Waals surface area contributed by atoms with Crippen LogP contribution in [0.2, 0.25) is 0 Å². The van der Waals surface area contributed by atoms with Gasteiger partial charge >= 0.3 is 0 Å². The maximum absolute atomic E-state index is 11.6. The van der Waals surface area contributed by atoms with Gasteiger partial charge in [0.05, 0.1) is 0 Å². The first-order chi connectivity index (χ1) is 7.75. The topological polar surface area (TPSA) is 58.2 Å². The standard InChI is InChI=1S/C12H20N2O2/c15-11(14-10-5-6-10)7-8-13-12(16)9-3-1-2-4-9/h9-10H,1-8H2,(H,13,16)(H,14,15). The summed E-state index contributed by atoms with van der Waals surface area (Å²) in [7, 11) is 0. The lowest BCUT2D eigenvalue weighted by atomic mass is 10.1. The van der Waals surface area contributed by atoms with E-state index in [9.17, 15) is 9.59 Å². The molecule has 0 aliphatic heterocycles. The van der Waals surface area contributed by atoms with Crippen LogP contribution in [0.15, 0.2) is 0 Å². The molecule has 2 amide bonds. The van der Waals surface area contributed by atoms with Gasteiger partial charge in [-0.2, -0.15) is 0 Å². The maximum Gasteiger partial charge on any atom is 0.223 e. The highest BCUT2D eigenvalue weighted by molar-refractivity contribution is 5.80. The second-order valence-electron chi connectivity index (χ2n) is 4.86. The Morgan fingerprint density at radius 3 is 2.38 bits per heavy atom. The Morgan fingerprint density at radius 2 is 1.75 bits per heavy atom. The normalized spacial score (nSPS) is 20.8. The van der Waals surface area contributed by atoms with E-state index in [-0.39, 0.29) is 17.7 Å². The lowest BCUT2D eigenvalue weighted by Gasteiger charge is -2.10. The average Bonchev–Trinajstić information content (AvgIpc) is 2.90. The van der Waals surface area contributed by atoms with Gasteiger partial charge in [-0.1, -0.05) is 12.8 Å². The van der Waals surface area contributed by atoms with Crippen molar-refractivity contribution in [3.63, 3.8) is 0 Å². The number of amides is 2. The van der Waals surface area contributed by atoms with Gasteiger partial charge in [0.1, 0.15) is 0 Å². The summed E-state index contributed by atoms with van der Waals surface area (Å²) in [5.41, 5.74) is 0. The van der Waals surface area contributed by atoms with E-state index in [0.717, 1.165) is 25.7 Å². The fraction of sp³-hybridized carbons (Fsp3) is 0.833. The Kier molecular flexibility index (Phi) is 3.80. The van der Waals surface area contributed by atoms with Crippen LogP contribution in [0, 0.1) is 5.92 Å². The van der Waals surface area contributed by atoms with Crippen LogP contribution in [-0.4, -0.2) is 24.4 Å². The van der Waals surface area contributed by atoms with E-state index in [2.05, 4.69) is 10.6 Å². The molecule has 0 bridgehead atoms. The fourth-order valence-corrected chi connectivity index (χ4v) is 2.16. The molecule has 0 heterocycles. The zero-order chi connectivity index (χ0) is 11.4. The van der Waals surface area contributed by atoms with Crippen molar-refractivity contribution in [2.24, 2.45) is 5.92 Å². The predicted molar refractivity (Wildman–Crippen MR) is 60.7 cm³/mol. The Bertz CT molecular complexity index is 268. The summed E-state index contributed by atoms with van der Waals surface area (Å²) in [6.07, 6.45) is 7.00. The SMILES string of the molecule is O=C(CCNC(=O)C1CCCC1)NC1CC1. The number of carbonyl (C=O) groups is 2. The van der Waals surface area contributed by atoms with Crippen molar-refractivity contribution in [1.29, 1.82) is 0 Å². The summed E-state index contributed by atoms with van der Waals surface area (Å²) in [5.74, 6) is 0.400. The molecule has 4 nitrogen and oxygen atoms in total. The first-order valence-electron chi connectivity index (χ1n) is 6.33. The first-order valence-corrected chi connectivity index (χ1v) is 6.33. The summed E-state index contributed by atoms with van der Waals surface area (Å²) >= 11 is 0. The van der Waals surface area contributed by atoms with Crippen molar-refractivity contribution in [3.8, 4) is 0 Å². The number of hydrogen-bond acceptors (Lipinski definition) is 2. The van der Waals surface area contributed by atoms with Crippen LogP contribution in [0.5, 0.6) is 0 Å². The Labute approximate surface area is 96.2 Å². The summed E-state index contributed by atoms with van der Waals surface area (Å²) in [4.78, 5) is 23.0. The molecule has 0 saturated heterocycles. The molecule has 2 rings (SSSR count). The van der Waals surface area contributed by atoms with Crippen LogP contribution in [0.1, 0.15) is 44.9 Å². The molecule has 2 aliphatic carbocycles. The lowest BCUT2D eigenvalue weighted by molar-refractivity contribution is -0.125. The van der Waals surface area contributed by atoms with Gasteiger partial charge < -0.3 is 10.6 Å². The molecule has 2 fully saturated rings. The van der Waals surface area contributed by atoms with E-state index in [1.165, 1.54) is 12.8 Å². The molecule has 0 aromatic heterocycles. The van der Waals surface area contributed by atoms with Gasteiger partial charge in [0.25, 0.3) is 0 Å². The summed E-state index contributed by atoms with van der Waals surface area (Å²) in [6, 6.07) is 0.415. The Morgan fingerprint density at radius 1 is 1.06 bits per heavy atom. The van der Waals surface area contributed by atoms with Gasteiger partial charge in [-0.15, -0.1) is 0 Å². The van der Waals surface area contributed by atoms with Crippen molar-refractivity contribution in [2.45, 2.75) is 51.0 Å². The molecule has 4 heteroatoms. The van der Waals surface area contributed by atoms with Crippen molar-refractivity contribution in [2.75, 3.05) is 6.54 Å². The van der Waals surface area contributed by atoms with Gasteiger partial charge in [-0.25, -0.2) is 0 Å².